The van der Waals surface area contributed by atoms with Gasteiger partial charge in [-0.25, -0.2) is 13.4 Å². The molecular weight excluding hydrogens is 304 g/mol. The second-order valence-corrected chi connectivity index (χ2v) is 7.97. The average Bonchev–Trinajstić information content (AvgIpc) is 2.96. The highest BCUT2D eigenvalue weighted by Gasteiger charge is 2.27. The number of nitrogens with zero attached hydrogens (tertiary/aromatic N) is 1. The molecule has 2 aromatic rings. The number of sulfone groups is 1. The van der Waals surface area contributed by atoms with Crippen molar-refractivity contribution >= 4 is 38.4 Å². The van der Waals surface area contributed by atoms with Gasteiger partial charge in [0.05, 0.1) is 11.4 Å². The number of thiazole rings is 1. The van der Waals surface area contributed by atoms with E-state index < -0.39 is 21.0 Å². The molecule has 0 radical (unpaired) electrons. The van der Waals surface area contributed by atoms with Gasteiger partial charge in [0.1, 0.15) is 10.3 Å². The molecule has 8 heteroatoms. The van der Waals surface area contributed by atoms with Crippen LogP contribution < -0.4 is 5.73 Å². The Kier molecular flexibility index (Phi) is 4.02. The summed E-state index contributed by atoms with van der Waals surface area (Å²) in [5.74, 6) is -1.11. The molecule has 0 saturated carbocycles. The van der Waals surface area contributed by atoms with Crippen LogP contribution >= 0.6 is 22.7 Å². The van der Waals surface area contributed by atoms with E-state index in [0.717, 1.165) is 10.6 Å². The molecule has 0 fully saturated rings. The molecule has 19 heavy (non-hydrogen) atoms. The number of thiophene rings is 1. The lowest BCUT2D eigenvalue weighted by Crippen LogP contribution is -2.34. The maximum absolute atomic E-state index is 11.9. The first kappa shape index (κ1) is 14.2. The number of hydrogen-bond donors (Lipinski definition) is 1. The van der Waals surface area contributed by atoms with Gasteiger partial charge >= 0.3 is 0 Å². The first-order chi connectivity index (χ1) is 8.90. The van der Waals surface area contributed by atoms with Crippen LogP contribution in [0, 0.1) is 0 Å². The van der Waals surface area contributed by atoms with Gasteiger partial charge in [-0.3, -0.25) is 4.79 Å². The molecule has 5 nitrogen and oxygen atoms in total. The van der Waals surface area contributed by atoms with Crippen LogP contribution in [-0.2, 0) is 20.4 Å². The molecule has 0 bridgehead atoms. The summed E-state index contributed by atoms with van der Waals surface area (Å²) in [6.07, 6.45) is 0. The third-order valence-corrected chi connectivity index (χ3v) is 6.24. The Morgan fingerprint density at radius 2 is 2.21 bits per heavy atom. The van der Waals surface area contributed by atoms with Gasteiger partial charge in [-0.1, -0.05) is 0 Å². The quantitative estimate of drug-likeness (QED) is 0.908. The average molecular weight is 316 g/mol. The number of nitrogens with two attached hydrogens (primary N) is 1. The van der Waals surface area contributed by atoms with Crippen LogP contribution in [0.5, 0.6) is 0 Å². The van der Waals surface area contributed by atoms with Gasteiger partial charge in [-0.05, 0) is 18.4 Å². The zero-order valence-electron chi connectivity index (χ0n) is 10.1. The van der Waals surface area contributed by atoms with Gasteiger partial charge in [0, 0.05) is 16.3 Å². The minimum absolute atomic E-state index is 0.266. The molecule has 0 unspecified atom stereocenters. The predicted molar refractivity (Wildman–Crippen MR) is 76.7 cm³/mol. The lowest BCUT2D eigenvalue weighted by Gasteiger charge is -2.07. The molecule has 2 heterocycles. The Labute approximate surface area is 119 Å². The molecule has 102 valence electrons. The van der Waals surface area contributed by atoms with Crippen LogP contribution in [0.3, 0.4) is 0 Å². The molecule has 1 amide bonds. The zero-order valence-corrected chi connectivity index (χ0v) is 12.5. The Balaban J connectivity index is 2.19. The maximum Gasteiger partial charge on any atom is 0.235 e. The van der Waals surface area contributed by atoms with Crippen molar-refractivity contribution in [1.82, 2.24) is 4.98 Å². The highest BCUT2D eigenvalue weighted by atomic mass is 32.2. The Hall–Kier alpha value is -1.25. The van der Waals surface area contributed by atoms with Crippen LogP contribution in [-0.4, -0.2) is 24.6 Å². The van der Waals surface area contributed by atoms with Gasteiger partial charge < -0.3 is 5.73 Å². The molecule has 0 spiro atoms. The van der Waals surface area contributed by atoms with E-state index in [4.69, 9.17) is 5.73 Å². The SMILES string of the molecule is C[C@@H](C(N)=O)S(=O)(=O)Cc1csc(-c2ccsc2)n1. The number of aromatic nitrogens is 1. The lowest BCUT2D eigenvalue weighted by molar-refractivity contribution is -0.117. The van der Waals surface area contributed by atoms with Crippen molar-refractivity contribution in [1.29, 1.82) is 0 Å². The van der Waals surface area contributed by atoms with Crippen molar-refractivity contribution in [3.05, 3.63) is 27.9 Å². The van der Waals surface area contributed by atoms with Gasteiger partial charge in [0.15, 0.2) is 9.84 Å². The van der Waals surface area contributed by atoms with Gasteiger partial charge in [0.2, 0.25) is 5.91 Å². The molecule has 0 aliphatic carbocycles. The fourth-order valence-corrected chi connectivity index (χ4v) is 4.20. The standard InChI is InChI=1S/C11H12N2O3S3/c1-7(10(12)14)19(15,16)6-9-5-18-11(13-9)8-2-3-17-4-8/h2-5,7H,6H2,1H3,(H2,12,14)/t7-/m0/s1. The molecular formula is C11H12N2O3S3. The number of rotatable bonds is 5. The van der Waals surface area contributed by atoms with E-state index in [1.807, 2.05) is 16.8 Å². The first-order valence-corrected chi connectivity index (χ1v) is 8.92. The molecule has 2 aromatic heterocycles. The maximum atomic E-state index is 11.9. The van der Waals surface area contributed by atoms with Crippen LogP contribution in [0.15, 0.2) is 22.2 Å². The number of primary amides is 1. The van der Waals surface area contributed by atoms with Crippen LogP contribution in [0.1, 0.15) is 12.6 Å². The molecule has 2 N–H and O–H groups in total. The third kappa shape index (κ3) is 3.20. The van der Waals surface area contributed by atoms with E-state index in [2.05, 4.69) is 4.98 Å². The number of hydrogen-bond acceptors (Lipinski definition) is 6. The predicted octanol–water partition coefficient (Wildman–Crippen LogP) is 1.66. The van der Waals surface area contributed by atoms with Crippen molar-refractivity contribution < 1.29 is 13.2 Å². The molecule has 0 saturated heterocycles. The number of amides is 1. The minimum Gasteiger partial charge on any atom is -0.369 e. The van der Waals surface area contributed by atoms with E-state index in [9.17, 15) is 13.2 Å². The second kappa shape index (κ2) is 5.40. The Bertz CT molecular complexity index is 674. The lowest BCUT2D eigenvalue weighted by atomic mass is 10.4. The highest BCUT2D eigenvalue weighted by Crippen LogP contribution is 2.26. The molecule has 2 rings (SSSR count). The first-order valence-electron chi connectivity index (χ1n) is 5.38. The van der Waals surface area contributed by atoms with E-state index >= 15 is 0 Å². The topological polar surface area (TPSA) is 90.1 Å². The largest absolute Gasteiger partial charge is 0.369 e. The second-order valence-electron chi connectivity index (χ2n) is 4.01. The van der Waals surface area contributed by atoms with Crippen LogP contribution in [0.25, 0.3) is 10.6 Å². The molecule has 0 aliphatic rings. The molecule has 0 aromatic carbocycles. The summed E-state index contributed by atoms with van der Waals surface area (Å²) in [5.41, 5.74) is 6.44. The normalized spacial score (nSPS) is 13.3. The Morgan fingerprint density at radius 1 is 1.47 bits per heavy atom. The summed E-state index contributed by atoms with van der Waals surface area (Å²) in [6, 6.07) is 1.92. The fraction of sp³-hybridized carbons (Fsp3) is 0.273. The number of carbonyl (C=O) groups excluding carboxylic acids is 1. The summed E-state index contributed by atoms with van der Waals surface area (Å²) >= 11 is 2.94. The summed E-state index contributed by atoms with van der Waals surface area (Å²) in [7, 11) is -3.60. The smallest absolute Gasteiger partial charge is 0.235 e. The van der Waals surface area contributed by atoms with E-state index in [1.165, 1.54) is 18.3 Å². The van der Waals surface area contributed by atoms with Crippen molar-refractivity contribution in [2.45, 2.75) is 17.9 Å². The van der Waals surface area contributed by atoms with Crippen molar-refractivity contribution in [2.75, 3.05) is 0 Å². The van der Waals surface area contributed by atoms with Crippen molar-refractivity contribution in [3.63, 3.8) is 0 Å². The van der Waals surface area contributed by atoms with Gasteiger partial charge in [-0.15, -0.1) is 11.3 Å². The van der Waals surface area contributed by atoms with E-state index in [1.54, 1.807) is 16.7 Å². The Morgan fingerprint density at radius 3 is 2.79 bits per heavy atom. The van der Waals surface area contributed by atoms with Gasteiger partial charge in [0.25, 0.3) is 0 Å². The van der Waals surface area contributed by atoms with Crippen LogP contribution in [0.4, 0.5) is 0 Å². The van der Waals surface area contributed by atoms with Crippen molar-refractivity contribution in [3.8, 4) is 10.6 Å². The third-order valence-electron chi connectivity index (χ3n) is 2.61. The summed E-state index contributed by atoms with van der Waals surface area (Å²) in [6.45, 7) is 1.30. The van der Waals surface area contributed by atoms with Crippen LogP contribution in [0.2, 0.25) is 0 Å². The van der Waals surface area contributed by atoms with Gasteiger partial charge in [-0.2, -0.15) is 11.3 Å². The molecule has 0 aliphatic heterocycles. The summed E-state index contributed by atoms with van der Waals surface area (Å²) in [5, 5.41) is 5.15. The monoisotopic (exact) mass is 316 g/mol. The van der Waals surface area contributed by atoms with Crippen molar-refractivity contribution in [2.24, 2.45) is 5.73 Å². The molecule has 1 atom stereocenters. The number of carbonyl (C=O) groups is 1. The highest BCUT2D eigenvalue weighted by molar-refractivity contribution is 7.92. The van der Waals surface area contributed by atoms with E-state index in [0.29, 0.717) is 5.69 Å². The summed E-state index contributed by atoms with van der Waals surface area (Å²) in [4.78, 5) is 15.2. The minimum atomic E-state index is -3.60. The van der Waals surface area contributed by atoms with E-state index in [-0.39, 0.29) is 5.75 Å². The summed E-state index contributed by atoms with van der Waals surface area (Å²) < 4.78 is 23.8. The fourth-order valence-electron chi connectivity index (χ4n) is 1.40. The zero-order chi connectivity index (χ0) is 14.0.